The Hall–Kier alpha value is -2.04. The number of hydrogen-bond acceptors (Lipinski definition) is 3. The zero-order valence-corrected chi connectivity index (χ0v) is 16.5. The number of likely N-dealkylation sites (tertiary alicyclic amines) is 1. The first-order valence-electron chi connectivity index (χ1n) is 9.57. The van der Waals surface area contributed by atoms with Gasteiger partial charge in [0.1, 0.15) is 5.75 Å². The van der Waals surface area contributed by atoms with Gasteiger partial charge in [-0.05, 0) is 62.7 Å². The highest BCUT2D eigenvalue weighted by Crippen LogP contribution is 2.25. The van der Waals surface area contributed by atoms with Crippen molar-refractivity contribution in [2.75, 3.05) is 26.2 Å². The van der Waals surface area contributed by atoms with Gasteiger partial charge in [0.05, 0.1) is 6.04 Å². The number of amides is 1. The van der Waals surface area contributed by atoms with E-state index in [2.05, 4.69) is 22.3 Å². The normalized spacial score (nSPS) is 15.9. The SMILES string of the molecule is Cc1ccc(OCC(=O)NCC(c2ccc(Cl)cc2)N2CCCCC2)cc1. The van der Waals surface area contributed by atoms with Crippen molar-refractivity contribution in [3.05, 3.63) is 64.7 Å². The summed E-state index contributed by atoms with van der Waals surface area (Å²) in [5.74, 6) is 0.604. The van der Waals surface area contributed by atoms with Crippen LogP contribution in [-0.2, 0) is 4.79 Å². The van der Waals surface area contributed by atoms with Gasteiger partial charge in [0, 0.05) is 11.6 Å². The summed E-state index contributed by atoms with van der Waals surface area (Å²) in [6, 6.07) is 15.8. The van der Waals surface area contributed by atoms with Crippen molar-refractivity contribution in [1.29, 1.82) is 0 Å². The second kappa shape index (κ2) is 9.77. The molecule has 144 valence electrons. The first kappa shape index (κ1) is 19.7. The quantitative estimate of drug-likeness (QED) is 0.768. The molecule has 1 amide bonds. The van der Waals surface area contributed by atoms with Crippen molar-refractivity contribution in [3.63, 3.8) is 0 Å². The molecule has 5 heteroatoms. The average molecular weight is 387 g/mol. The highest BCUT2D eigenvalue weighted by atomic mass is 35.5. The summed E-state index contributed by atoms with van der Waals surface area (Å²) in [6.45, 7) is 4.73. The second-order valence-electron chi connectivity index (χ2n) is 7.07. The molecule has 3 rings (SSSR count). The molecular weight excluding hydrogens is 360 g/mol. The van der Waals surface area contributed by atoms with Crippen LogP contribution in [-0.4, -0.2) is 37.0 Å². The Bertz CT molecular complexity index is 725. The number of halogens is 1. The Balaban J connectivity index is 1.57. The van der Waals surface area contributed by atoms with E-state index in [4.69, 9.17) is 16.3 Å². The number of aryl methyl sites for hydroxylation is 1. The van der Waals surface area contributed by atoms with Crippen molar-refractivity contribution in [2.45, 2.75) is 32.2 Å². The van der Waals surface area contributed by atoms with Gasteiger partial charge >= 0.3 is 0 Å². The van der Waals surface area contributed by atoms with Crippen LogP contribution in [0.5, 0.6) is 5.75 Å². The van der Waals surface area contributed by atoms with Gasteiger partial charge in [0.2, 0.25) is 0 Å². The number of nitrogens with one attached hydrogen (secondary N) is 1. The van der Waals surface area contributed by atoms with Gasteiger partial charge in [-0.15, -0.1) is 0 Å². The van der Waals surface area contributed by atoms with Gasteiger partial charge < -0.3 is 10.1 Å². The monoisotopic (exact) mass is 386 g/mol. The van der Waals surface area contributed by atoms with Crippen LogP contribution in [0.3, 0.4) is 0 Å². The maximum atomic E-state index is 12.3. The van der Waals surface area contributed by atoms with E-state index < -0.39 is 0 Å². The predicted octanol–water partition coefficient (Wildman–Crippen LogP) is 4.37. The standard InChI is InChI=1S/C22H27ClN2O2/c1-17-5-11-20(12-6-17)27-16-22(26)24-15-21(25-13-3-2-4-14-25)18-7-9-19(23)10-8-18/h5-12,21H,2-4,13-16H2,1H3,(H,24,26). The minimum absolute atomic E-state index is 0.0242. The molecule has 1 N–H and O–H groups in total. The number of benzene rings is 2. The summed E-state index contributed by atoms with van der Waals surface area (Å²) in [6.07, 6.45) is 3.68. The maximum absolute atomic E-state index is 12.3. The molecule has 0 aromatic heterocycles. The Morgan fingerprint density at radius 3 is 2.41 bits per heavy atom. The van der Waals surface area contributed by atoms with Crippen molar-refractivity contribution >= 4 is 17.5 Å². The molecule has 2 aromatic carbocycles. The van der Waals surface area contributed by atoms with Gasteiger partial charge in [0.15, 0.2) is 6.61 Å². The zero-order valence-electron chi connectivity index (χ0n) is 15.8. The smallest absolute Gasteiger partial charge is 0.258 e. The van der Waals surface area contributed by atoms with Crippen molar-refractivity contribution in [1.82, 2.24) is 10.2 Å². The van der Waals surface area contributed by atoms with Crippen LogP contribution in [0.4, 0.5) is 0 Å². The lowest BCUT2D eigenvalue weighted by molar-refractivity contribution is -0.123. The van der Waals surface area contributed by atoms with Crippen molar-refractivity contribution in [2.24, 2.45) is 0 Å². The molecule has 0 aliphatic carbocycles. The Morgan fingerprint density at radius 1 is 1.07 bits per heavy atom. The summed E-state index contributed by atoms with van der Waals surface area (Å²) < 4.78 is 5.58. The van der Waals surface area contributed by atoms with Crippen LogP contribution in [0.15, 0.2) is 48.5 Å². The van der Waals surface area contributed by atoms with Crippen LogP contribution < -0.4 is 10.1 Å². The van der Waals surface area contributed by atoms with E-state index in [-0.39, 0.29) is 18.6 Å². The number of nitrogens with zero attached hydrogens (tertiary/aromatic N) is 1. The molecule has 27 heavy (non-hydrogen) atoms. The average Bonchev–Trinajstić information content (AvgIpc) is 2.70. The molecule has 1 heterocycles. The Morgan fingerprint density at radius 2 is 1.74 bits per heavy atom. The summed E-state index contributed by atoms with van der Waals surface area (Å²) in [4.78, 5) is 14.7. The van der Waals surface area contributed by atoms with E-state index in [0.29, 0.717) is 12.3 Å². The lowest BCUT2D eigenvalue weighted by Crippen LogP contribution is -2.41. The first-order chi connectivity index (χ1) is 13.1. The van der Waals surface area contributed by atoms with Crippen LogP contribution in [0.1, 0.15) is 36.4 Å². The molecule has 4 nitrogen and oxygen atoms in total. The maximum Gasteiger partial charge on any atom is 0.258 e. The van der Waals surface area contributed by atoms with E-state index in [1.807, 2.05) is 43.3 Å². The molecule has 1 aliphatic rings. The van der Waals surface area contributed by atoms with Gasteiger partial charge in [-0.3, -0.25) is 9.69 Å². The number of carbonyl (C=O) groups excluding carboxylic acids is 1. The lowest BCUT2D eigenvalue weighted by atomic mass is 10.0. The highest BCUT2D eigenvalue weighted by Gasteiger charge is 2.22. The Kier molecular flexibility index (Phi) is 7.13. The number of ether oxygens (including phenoxy) is 1. The fourth-order valence-electron chi connectivity index (χ4n) is 3.42. The lowest BCUT2D eigenvalue weighted by Gasteiger charge is -2.35. The van der Waals surface area contributed by atoms with Gasteiger partial charge in [-0.25, -0.2) is 0 Å². The van der Waals surface area contributed by atoms with Crippen molar-refractivity contribution < 1.29 is 9.53 Å². The highest BCUT2D eigenvalue weighted by molar-refractivity contribution is 6.30. The number of hydrogen-bond donors (Lipinski definition) is 1. The van der Waals surface area contributed by atoms with E-state index in [1.165, 1.54) is 30.4 Å². The van der Waals surface area contributed by atoms with E-state index in [9.17, 15) is 4.79 Å². The molecule has 1 unspecified atom stereocenters. The molecule has 0 saturated carbocycles. The predicted molar refractivity (Wildman–Crippen MR) is 109 cm³/mol. The molecule has 1 saturated heterocycles. The summed E-state index contributed by atoms with van der Waals surface area (Å²) >= 11 is 6.04. The molecule has 1 aliphatic heterocycles. The van der Waals surface area contributed by atoms with Crippen LogP contribution >= 0.6 is 11.6 Å². The van der Waals surface area contributed by atoms with Gasteiger partial charge in [-0.1, -0.05) is 47.9 Å². The summed E-state index contributed by atoms with van der Waals surface area (Å²) in [5, 5.41) is 3.76. The van der Waals surface area contributed by atoms with Crippen LogP contribution in [0.2, 0.25) is 5.02 Å². The first-order valence-corrected chi connectivity index (χ1v) is 9.95. The topological polar surface area (TPSA) is 41.6 Å². The van der Waals surface area contributed by atoms with E-state index >= 15 is 0 Å². The summed E-state index contributed by atoms with van der Waals surface area (Å²) in [7, 11) is 0. The van der Waals surface area contributed by atoms with E-state index in [0.717, 1.165) is 18.1 Å². The molecule has 0 radical (unpaired) electrons. The largest absolute Gasteiger partial charge is 0.484 e. The molecular formula is C22H27ClN2O2. The zero-order chi connectivity index (χ0) is 19.1. The molecule has 1 fully saturated rings. The van der Waals surface area contributed by atoms with Crippen LogP contribution in [0.25, 0.3) is 0 Å². The molecule has 0 spiro atoms. The number of rotatable bonds is 7. The van der Waals surface area contributed by atoms with Crippen molar-refractivity contribution in [3.8, 4) is 5.75 Å². The molecule has 1 atom stereocenters. The fourth-order valence-corrected chi connectivity index (χ4v) is 3.54. The van der Waals surface area contributed by atoms with E-state index in [1.54, 1.807) is 0 Å². The van der Waals surface area contributed by atoms with Crippen LogP contribution in [0, 0.1) is 6.92 Å². The summed E-state index contributed by atoms with van der Waals surface area (Å²) in [5.41, 5.74) is 2.35. The Labute approximate surface area is 166 Å². The molecule has 2 aromatic rings. The minimum Gasteiger partial charge on any atom is -0.484 e. The van der Waals surface area contributed by atoms with Gasteiger partial charge in [-0.2, -0.15) is 0 Å². The second-order valence-corrected chi connectivity index (χ2v) is 7.51. The third-order valence-electron chi connectivity index (χ3n) is 4.97. The number of piperidine rings is 1. The van der Waals surface area contributed by atoms with Gasteiger partial charge in [0.25, 0.3) is 5.91 Å². The minimum atomic E-state index is -0.105. The fraction of sp³-hybridized carbons (Fsp3) is 0.409. The molecule has 0 bridgehead atoms. The third-order valence-corrected chi connectivity index (χ3v) is 5.22. The number of carbonyl (C=O) groups is 1. The third kappa shape index (κ3) is 5.98.